The summed E-state index contributed by atoms with van der Waals surface area (Å²) >= 11 is 0. The Bertz CT molecular complexity index is 191. The van der Waals surface area contributed by atoms with Crippen LogP contribution in [0.15, 0.2) is 0 Å². The fraction of sp³-hybridized carbons (Fsp3) is 1.00. The third kappa shape index (κ3) is 6.39. The smallest absolute Gasteiger partial charge is 0.0897 e. The van der Waals surface area contributed by atoms with Gasteiger partial charge in [-0.2, -0.15) is 0 Å². The molecule has 1 rings (SSSR count). The molecule has 1 aliphatic rings. The molecular formula is C14H29NO2. The van der Waals surface area contributed by atoms with Crippen molar-refractivity contribution in [2.45, 2.75) is 58.6 Å². The van der Waals surface area contributed by atoms with Crippen LogP contribution in [0.3, 0.4) is 0 Å². The van der Waals surface area contributed by atoms with Gasteiger partial charge in [-0.05, 0) is 31.6 Å². The third-order valence-electron chi connectivity index (χ3n) is 3.54. The number of aliphatic hydroxyl groups is 1. The number of nitrogens with one attached hydrogen (secondary N) is 1. The average Bonchev–Trinajstić information content (AvgIpc) is 2.78. The van der Waals surface area contributed by atoms with E-state index in [9.17, 15) is 5.11 Å². The van der Waals surface area contributed by atoms with Crippen molar-refractivity contribution in [2.75, 3.05) is 19.8 Å². The molecule has 1 unspecified atom stereocenters. The lowest BCUT2D eigenvalue weighted by atomic mass is 10.00. The summed E-state index contributed by atoms with van der Waals surface area (Å²) in [4.78, 5) is 0. The monoisotopic (exact) mass is 243 g/mol. The lowest BCUT2D eigenvalue weighted by Crippen LogP contribution is -2.39. The van der Waals surface area contributed by atoms with Crippen LogP contribution in [0.2, 0.25) is 0 Å². The summed E-state index contributed by atoms with van der Waals surface area (Å²) < 4.78 is 5.42. The molecule has 1 saturated carbocycles. The molecule has 0 bridgehead atoms. The van der Waals surface area contributed by atoms with Crippen LogP contribution in [0, 0.1) is 11.8 Å². The van der Waals surface area contributed by atoms with Gasteiger partial charge in [-0.1, -0.05) is 26.7 Å². The molecule has 102 valence electrons. The number of aliphatic hydroxyl groups excluding tert-OH is 1. The fourth-order valence-corrected chi connectivity index (χ4v) is 2.44. The maximum Gasteiger partial charge on any atom is 0.0897 e. The predicted octanol–water partition coefficient (Wildman–Crippen LogP) is 2.19. The van der Waals surface area contributed by atoms with Gasteiger partial charge >= 0.3 is 0 Å². The Hall–Kier alpha value is -0.120. The molecule has 1 aliphatic carbocycles. The fourth-order valence-electron chi connectivity index (χ4n) is 2.44. The first-order valence-corrected chi connectivity index (χ1v) is 7.08. The standard InChI is InChI=1S/C14H29NO2/c1-11(2)9-17-10-14(16)8-15-12(3)13-6-4-5-7-13/h11-16H,4-10H2,1-3H3/t12-,14?/m1/s1. The van der Waals surface area contributed by atoms with Gasteiger partial charge in [0.05, 0.1) is 12.7 Å². The van der Waals surface area contributed by atoms with Gasteiger partial charge in [0.25, 0.3) is 0 Å². The quantitative estimate of drug-likeness (QED) is 0.686. The van der Waals surface area contributed by atoms with Gasteiger partial charge in [-0.25, -0.2) is 0 Å². The van der Waals surface area contributed by atoms with Gasteiger partial charge in [0.15, 0.2) is 0 Å². The van der Waals surface area contributed by atoms with E-state index in [4.69, 9.17) is 4.74 Å². The Kier molecular flexibility index (Phi) is 7.09. The van der Waals surface area contributed by atoms with Crippen molar-refractivity contribution < 1.29 is 9.84 Å². The van der Waals surface area contributed by atoms with Crippen LogP contribution in [0.1, 0.15) is 46.5 Å². The van der Waals surface area contributed by atoms with E-state index in [1.165, 1.54) is 25.7 Å². The molecule has 0 aliphatic heterocycles. The zero-order valence-electron chi connectivity index (χ0n) is 11.6. The molecule has 0 radical (unpaired) electrons. The van der Waals surface area contributed by atoms with Crippen molar-refractivity contribution in [3.8, 4) is 0 Å². The Morgan fingerprint density at radius 3 is 2.41 bits per heavy atom. The first-order chi connectivity index (χ1) is 8.09. The van der Waals surface area contributed by atoms with Gasteiger partial charge in [-0.15, -0.1) is 0 Å². The van der Waals surface area contributed by atoms with Crippen molar-refractivity contribution in [2.24, 2.45) is 11.8 Å². The molecule has 0 aromatic heterocycles. The molecule has 0 aromatic carbocycles. The normalized spacial score (nSPS) is 21.0. The summed E-state index contributed by atoms with van der Waals surface area (Å²) in [6.07, 6.45) is 5.05. The molecule has 2 N–H and O–H groups in total. The van der Waals surface area contributed by atoms with Crippen LogP contribution in [-0.4, -0.2) is 37.0 Å². The minimum atomic E-state index is -0.377. The molecule has 1 fully saturated rings. The predicted molar refractivity (Wildman–Crippen MR) is 71.1 cm³/mol. The minimum Gasteiger partial charge on any atom is -0.389 e. The van der Waals surface area contributed by atoms with Crippen molar-refractivity contribution in [3.05, 3.63) is 0 Å². The van der Waals surface area contributed by atoms with Gasteiger partial charge in [0.2, 0.25) is 0 Å². The van der Waals surface area contributed by atoms with Crippen molar-refractivity contribution in [3.63, 3.8) is 0 Å². The second-order valence-electron chi connectivity index (χ2n) is 5.83. The molecule has 2 atom stereocenters. The van der Waals surface area contributed by atoms with E-state index in [0.717, 1.165) is 12.5 Å². The summed E-state index contributed by atoms with van der Waals surface area (Å²) in [7, 11) is 0. The van der Waals surface area contributed by atoms with Crippen LogP contribution >= 0.6 is 0 Å². The van der Waals surface area contributed by atoms with E-state index >= 15 is 0 Å². The van der Waals surface area contributed by atoms with Crippen LogP contribution in [0.4, 0.5) is 0 Å². The van der Waals surface area contributed by atoms with Gasteiger partial charge in [0, 0.05) is 19.2 Å². The van der Waals surface area contributed by atoms with Gasteiger partial charge in [0.1, 0.15) is 0 Å². The van der Waals surface area contributed by atoms with Crippen LogP contribution in [0.5, 0.6) is 0 Å². The molecular weight excluding hydrogens is 214 g/mol. The van der Waals surface area contributed by atoms with Crippen molar-refractivity contribution >= 4 is 0 Å². The van der Waals surface area contributed by atoms with E-state index in [-0.39, 0.29) is 6.10 Å². The number of hydrogen-bond acceptors (Lipinski definition) is 3. The first-order valence-electron chi connectivity index (χ1n) is 7.08. The zero-order valence-corrected chi connectivity index (χ0v) is 11.6. The molecule has 3 heteroatoms. The SMILES string of the molecule is CC(C)COCC(O)CN[C@H](C)C1CCCC1. The minimum absolute atomic E-state index is 0.377. The highest BCUT2D eigenvalue weighted by molar-refractivity contribution is 4.78. The Balaban J connectivity index is 2.03. The van der Waals surface area contributed by atoms with Crippen LogP contribution in [-0.2, 0) is 4.74 Å². The highest BCUT2D eigenvalue weighted by atomic mass is 16.5. The Labute approximate surface area is 106 Å². The molecule has 0 heterocycles. The van der Waals surface area contributed by atoms with E-state index < -0.39 is 0 Å². The van der Waals surface area contributed by atoms with E-state index in [1.807, 2.05) is 0 Å². The summed E-state index contributed by atoms with van der Waals surface area (Å²) in [5, 5.41) is 13.2. The van der Waals surface area contributed by atoms with Gasteiger partial charge < -0.3 is 15.2 Å². The summed E-state index contributed by atoms with van der Waals surface area (Å²) in [6.45, 7) is 8.30. The maximum atomic E-state index is 9.77. The Morgan fingerprint density at radius 1 is 1.18 bits per heavy atom. The molecule has 3 nitrogen and oxygen atoms in total. The molecule has 0 amide bonds. The lowest BCUT2D eigenvalue weighted by Gasteiger charge is -2.22. The second kappa shape index (κ2) is 8.06. The van der Waals surface area contributed by atoms with Gasteiger partial charge in [-0.3, -0.25) is 0 Å². The maximum absolute atomic E-state index is 9.77. The Morgan fingerprint density at radius 2 is 1.82 bits per heavy atom. The summed E-state index contributed by atoms with van der Waals surface area (Å²) in [6, 6.07) is 0.525. The summed E-state index contributed by atoms with van der Waals surface area (Å²) in [5.41, 5.74) is 0. The van der Waals surface area contributed by atoms with E-state index in [0.29, 0.717) is 25.1 Å². The van der Waals surface area contributed by atoms with Crippen molar-refractivity contribution in [1.82, 2.24) is 5.32 Å². The lowest BCUT2D eigenvalue weighted by molar-refractivity contribution is 0.0244. The van der Waals surface area contributed by atoms with Crippen molar-refractivity contribution in [1.29, 1.82) is 0 Å². The van der Waals surface area contributed by atoms with Crippen LogP contribution in [0.25, 0.3) is 0 Å². The second-order valence-corrected chi connectivity index (χ2v) is 5.83. The largest absolute Gasteiger partial charge is 0.389 e. The zero-order chi connectivity index (χ0) is 12.7. The highest BCUT2D eigenvalue weighted by Crippen LogP contribution is 2.27. The number of hydrogen-bond donors (Lipinski definition) is 2. The molecule has 0 aromatic rings. The van der Waals surface area contributed by atoms with E-state index in [2.05, 4.69) is 26.1 Å². The van der Waals surface area contributed by atoms with E-state index in [1.54, 1.807) is 0 Å². The molecule has 17 heavy (non-hydrogen) atoms. The molecule has 0 saturated heterocycles. The third-order valence-corrected chi connectivity index (χ3v) is 3.54. The molecule has 0 spiro atoms. The summed E-state index contributed by atoms with van der Waals surface area (Å²) in [5.74, 6) is 1.34. The average molecular weight is 243 g/mol. The topological polar surface area (TPSA) is 41.5 Å². The number of rotatable bonds is 8. The van der Waals surface area contributed by atoms with Crippen LogP contribution < -0.4 is 5.32 Å². The number of ether oxygens (including phenoxy) is 1. The highest BCUT2D eigenvalue weighted by Gasteiger charge is 2.21. The first kappa shape index (κ1) is 14.9.